The van der Waals surface area contributed by atoms with Crippen molar-refractivity contribution >= 4 is 57.0 Å². The number of thiophene rings is 1. The number of hydrogen-bond donors (Lipinski definition) is 3. The molecule has 0 aliphatic carbocycles. The Kier molecular flexibility index (Phi) is 6.99. The van der Waals surface area contributed by atoms with Gasteiger partial charge in [0.05, 0.1) is 4.88 Å². The Bertz CT molecular complexity index is 1070. The second-order valence-electron chi connectivity index (χ2n) is 6.42. The molecule has 0 fully saturated rings. The van der Waals surface area contributed by atoms with Crippen LogP contribution in [0.25, 0.3) is 10.7 Å². The summed E-state index contributed by atoms with van der Waals surface area (Å²) in [5.74, 6) is 0.223. The largest absolute Gasteiger partial charge is 0.354 e. The first kappa shape index (κ1) is 21.4. The second-order valence-corrected chi connectivity index (χ2v) is 8.67. The molecular weight excluding hydrogens is 474 g/mol. The van der Waals surface area contributed by atoms with Gasteiger partial charge in [0.15, 0.2) is 10.6 Å². The Morgan fingerprint density at radius 1 is 1.38 bits per heavy atom. The van der Waals surface area contributed by atoms with Crippen molar-refractivity contribution in [2.45, 2.75) is 26.3 Å². The zero-order chi connectivity index (χ0) is 21.0. The molecule has 0 aliphatic heterocycles. The average Bonchev–Trinajstić information content (AvgIpc) is 3.33. The van der Waals surface area contributed by atoms with Crippen LogP contribution in [-0.2, 0) is 9.59 Å². The van der Waals surface area contributed by atoms with Crippen molar-refractivity contribution in [3.63, 3.8) is 0 Å². The number of H-pyrrole nitrogens is 1. The Morgan fingerprint density at radius 2 is 2.17 bits per heavy atom. The molecule has 0 saturated carbocycles. The number of aryl methyl sites for hydroxylation is 1. The summed E-state index contributed by atoms with van der Waals surface area (Å²) >= 11 is 10.2. The van der Waals surface area contributed by atoms with Crippen LogP contribution in [0, 0.1) is 11.7 Å². The number of aromatic amines is 1. The number of carbonyl (C=O) groups excluding carboxylic acids is 2. The molecule has 2 amide bonds. The minimum Gasteiger partial charge on any atom is -0.354 e. The lowest BCUT2D eigenvalue weighted by atomic mass is 10.2. The standard InChI is InChI=1S/C19H20BrN5O2S2/c1-11-5-6-13(20)10-14(11)22-16(26)7-8-21-18(27)12(2)25-17(23-24-19(25)28)15-4-3-9-29-15/h3-6,9-10,12H,7-8H2,1-2H3,(H,21,27)(H,22,26)(H,24,28). The molecule has 0 spiro atoms. The fourth-order valence-electron chi connectivity index (χ4n) is 2.75. The molecule has 1 aromatic carbocycles. The van der Waals surface area contributed by atoms with Crippen LogP contribution < -0.4 is 10.6 Å². The summed E-state index contributed by atoms with van der Waals surface area (Å²) in [6, 6.07) is 8.96. The van der Waals surface area contributed by atoms with E-state index in [9.17, 15) is 9.59 Å². The van der Waals surface area contributed by atoms with Gasteiger partial charge < -0.3 is 10.6 Å². The van der Waals surface area contributed by atoms with E-state index in [2.05, 4.69) is 36.8 Å². The number of aromatic nitrogens is 3. The number of rotatable bonds is 7. The third-order valence-corrected chi connectivity index (χ3v) is 5.98. The van der Waals surface area contributed by atoms with E-state index in [1.54, 1.807) is 11.5 Å². The number of nitrogens with one attached hydrogen (secondary N) is 3. The lowest BCUT2D eigenvalue weighted by Gasteiger charge is -2.15. The number of carbonyl (C=O) groups is 2. The Labute approximate surface area is 185 Å². The summed E-state index contributed by atoms with van der Waals surface area (Å²) in [7, 11) is 0. The van der Waals surface area contributed by atoms with Crippen LogP contribution in [-0.4, -0.2) is 33.1 Å². The highest BCUT2D eigenvalue weighted by Gasteiger charge is 2.21. The maximum absolute atomic E-state index is 12.6. The van der Waals surface area contributed by atoms with Crippen LogP contribution >= 0.6 is 39.5 Å². The molecular formula is C19H20BrN5O2S2. The Morgan fingerprint density at radius 3 is 2.90 bits per heavy atom. The predicted octanol–water partition coefficient (Wildman–Crippen LogP) is 4.45. The third kappa shape index (κ3) is 5.20. The minimum atomic E-state index is -0.561. The predicted molar refractivity (Wildman–Crippen MR) is 121 cm³/mol. The summed E-state index contributed by atoms with van der Waals surface area (Å²) in [5.41, 5.74) is 1.71. The van der Waals surface area contributed by atoms with Gasteiger partial charge in [-0.25, -0.2) is 0 Å². The van der Waals surface area contributed by atoms with Crippen molar-refractivity contribution in [3.8, 4) is 10.7 Å². The van der Waals surface area contributed by atoms with E-state index in [4.69, 9.17) is 12.2 Å². The minimum absolute atomic E-state index is 0.166. The van der Waals surface area contributed by atoms with E-state index >= 15 is 0 Å². The van der Waals surface area contributed by atoms with Gasteiger partial charge in [0.25, 0.3) is 0 Å². The summed E-state index contributed by atoms with van der Waals surface area (Å²) in [6.07, 6.45) is 0.166. The number of halogens is 1. The molecule has 0 aliphatic rings. The number of anilines is 1. The topological polar surface area (TPSA) is 91.8 Å². The van der Waals surface area contributed by atoms with Crippen molar-refractivity contribution in [1.82, 2.24) is 20.1 Å². The highest BCUT2D eigenvalue weighted by atomic mass is 79.9. The number of nitrogens with zero attached hydrogens (tertiary/aromatic N) is 2. The molecule has 2 aromatic heterocycles. The highest BCUT2D eigenvalue weighted by molar-refractivity contribution is 9.10. The van der Waals surface area contributed by atoms with Crippen molar-refractivity contribution < 1.29 is 9.59 Å². The molecule has 7 nitrogen and oxygen atoms in total. The lowest BCUT2D eigenvalue weighted by molar-refractivity contribution is -0.124. The molecule has 29 heavy (non-hydrogen) atoms. The molecule has 0 radical (unpaired) electrons. The maximum Gasteiger partial charge on any atom is 0.242 e. The van der Waals surface area contributed by atoms with Gasteiger partial charge in [-0.3, -0.25) is 19.3 Å². The number of benzene rings is 1. The van der Waals surface area contributed by atoms with Gasteiger partial charge in [-0.2, -0.15) is 5.10 Å². The fraction of sp³-hybridized carbons (Fsp3) is 0.263. The van der Waals surface area contributed by atoms with Gasteiger partial charge in [0, 0.05) is 23.1 Å². The van der Waals surface area contributed by atoms with Crippen LogP contribution in [0.2, 0.25) is 0 Å². The molecule has 0 bridgehead atoms. The van der Waals surface area contributed by atoms with Crippen LogP contribution in [0.1, 0.15) is 24.9 Å². The van der Waals surface area contributed by atoms with Crippen LogP contribution in [0.4, 0.5) is 5.69 Å². The van der Waals surface area contributed by atoms with Crippen molar-refractivity contribution in [1.29, 1.82) is 0 Å². The molecule has 3 aromatic rings. The van der Waals surface area contributed by atoms with Crippen LogP contribution in [0.3, 0.4) is 0 Å². The first-order valence-corrected chi connectivity index (χ1v) is 11.0. The summed E-state index contributed by atoms with van der Waals surface area (Å²) < 4.78 is 2.94. The third-order valence-electron chi connectivity index (χ3n) is 4.34. The molecule has 2 heterocycles. The molecule has 152 valence electrons. The SMILES string of the molecule is Cc1ccc(Br)cc1NC(=O)CCNC(=O)C(C)n1c(-c2cccs2)n[nH]c1=S. The van der Waals surface area contributed by atoms with Crippen LogP contribution in [0.15, 0.2) is 40.2 Å². The molecule has 3 N–H and O–H groups in total. The van der Waals surface area contributed by atoms with E-state index in [1.807, 2.05) is 42.6 Å². The van der Waals surface area contributed by atoms with Crippen molar-refractivity contribution in [3.05, 3.63) is 50.5 Å². The normalized spacial score (nSPS) is 11.8. The van der Waals surface area contributed by atoms with E-state index < -0.39 is 6.04 Å². The molecule has 10 heteroatoms. The Balaban J connectivity index is 1.57. The number of amides is 2. The summed E-state index contributed by atoms with van der Waals surface area (Å²) in [5, 5.41) is 14.6. The molecule has 1 unspecified atom stereocenters. The van der Waals surface area contributed by atoms with Gasteiger partial charge in [0.1, 0.15) is 6.04 Å². The maximum atomic E-state index is 12.6. The van der Waals surface area contributed by atoms with Gasteiger partial charge >= 0.3 is 0 Å². The van der Waals surface area contributed by atoms with E-state index in [1.165, 1.54) is 11.3 Å². The van der Waals surface area contributed by atoms with E-state index in [0.717, 1.165) is 20.6 Å². The Hall–Kier alpha value is -2.30. The number of hydrogen-bond acceptors (Lipinski definition) is 5. The van der Waals surface area contributed by atoms with Gasteiger partial charge in [-0.1, -0.05) is 28.1 Å². The fourth-order valence-corrected chi connectivity index (χ4v) is 4.11. The average molecular weight is 494 g/mol. The quantitative estimate of drug-likeness (QED) is 0.424. The molecule has 3 rings (SSSR count). The second kappa shape index (κ2) is 9.47. The van der Waals surface area contributed by atoms with Gasteiger partial charge in [-0.05, 0) is 55.2 Å². The summed E-state index contributed by atoms with van der Waals surface area (Å²) in [4.78, 5) is 25.7. The van der Waals surface area contributed by atoms with Gasteiger partial charge in [-0.15, -0.1) is 11.3 Å². The monoisotopic (exact) mass is 493 g/mol. The van der Waals surface area contributed by atoms with Crippen molar-refractivity contribution in [2.75, 3.05) is 11.9 Å². The zero-order valence-electron chi connectivity index (χ0n) is 15.9. The smallest absolute Gasteiger partial charge is 0.242 e. The lowest BCUT2D eigenvalue weighted by Crippen LogP contribution is -2.33. The van der Waals surface area contributed by atoms with E-state index in [0.29, 0.717) is 10.6 Å². The summed E-state index contributed by atoms with van der Waals surface area (Å²) in [6.45, 7) is 3.90. The molecule has 0 saturated heterocycles. The first-order valence-electron chi connectivity index (χ1n) is 8.91. The highest BCUT2D eigenvalue weighted by Crippen LogP contribution is 2.25. The van der Waals surface area contributed by atoms with E-state index in [-0.39, 0.29) is 24.8 Å². The zero-order valence-corrected chi connectivity index (χ0v) is 19.1. The van der Waals surface area contributed by atoms with Gasteiger partial charge in [0.2, 0.25) is 11.8 Å². The molecule has 1 atom stereocenters. The van der Waals surface area contributed by atoms with Crippen LogP contribution in [0.5, 0.6) is 0 Å². The first-order chi connectivity index (χ1) is 13.9. The van der Waals surface area contributed by atoms with Crippen molar-refractivity contribution in [2.24, 2.45) is 0 Å².